The first-order chi connectivity index (χ1) is 18.8. The van der Waals surface area contributed by atoms with Gasteiger partial charge in [0.1, 0.15) is 11.5 Å². The zero-order valence-electron chi connectivity index (χ0n) is 22.8. The Kier molecular flexibility index (Phi) is 9.12. The van der Waals surface area contributed by atoms with Gasteiger partial charge in [0.15, 0.2) is 0 Å². The third kappa shape index (κ3) is 6.59. The van der Waals surface area contributed by atoms with Crippen LogP contribution >= 0.6 is 11.6 Å². The van der Waals surface area contributed by atoms with Gasteiger partial charge < -0.3 is 19.3 Å². The molecule has 6 atom stereocenters. The molecule has 5 unspecified atom stereocenters. The number of fused-ring (bicyclic) bond motifs is 2. The van der Waals surface area contributed by atoms with E-state index in [-0.39, 0.29) is 23.7 Å². The van der Waals surface area contributed by atoms with E-state index in [0.29, 0.717) is 30.3 Å². The molecule has 6 nitrogen and oxygen atoms in total. The second-order valence-electron chi connectivity index (χ2n) is 11.3. The lowest BCUT2D eigenvalue weighted by molar-refractivity contribution is 0.0180. The molecule has 1 aliphatic carbocycles. The Morgan fingerprint density at radius 1 is 1.21 bits per heavy atom. The van der Waals surface area contributed by atoms with Gasteiger partial charge in [0.05, 0.1) is 29.8 Å². The molecule has 8 heteroatoms. The first-order valence-electron chi connectivity index (χ1n) is 14.2. The minimum Gasteiger partial charge on any atom is -0.593 e. The van der Waals surface area contributed by atoms with Gasteiger partial charge in [-0.3, -0.25) is 4.79 Å². The molecule has 3 aliphatic rings. The van der Waals surface area contributed by atoms with Gasteiger partial charge in [-0.25, -0.2) is 0 Å². The lowest BCUT2D eigenvalue weighted by Gasteiger charge is -2.43. The van der Waals surface area contributed by atoms with E-state index in [1.165, 1.54) is 11.1 Å². The number of aryl methyl sites for hydroxylation is 1. The number of nitrogens with one attached hydrogen (secondary N) is 1. The van der Waals surface area contributed by atoms with E-state index in [1.54, 1.807) is 6.07 Å². The van der Waals surface area contributed by atoms with Gasteiger partial charge in [-0.2, -0.15) is 4.72 Å². The second kappa shape index (κ2) is 12.5. The van der Waals surface area contributed by atoms with Crippen molar-refractivity contribution >= 4 is 34.6 Å². The van der Waals surface area contributed by atoms with Crippen LogP contribution < -0.4 is 14.4 Å². The van der Waals surface area contributed by atoms with E-state index >= 15 is 0 Å². The summed E-state index contributed by atoms with van der Waals surface area (Å²) >= 11 is 4.86. The summed E-state index contributed by atoms with van der Waals surface area (Å²) in [5.74, 6) is 1.47. The van der Waals surface area contributed by atoms with Gasteiger partial charge >= 0.3 is 0 Å². The highest BCUT2D eigenvalue weighted by atomic mass is 35.5. The Hall–Kier alpha value is -2.19. The standard InChI is InChI=1S/C31H39ClN2O4S/c1-3-5-21-14-25(32)10-12-26(21)24-17-34-16-23-8-11-27(23)29(35)7-4-6-20(2)19-39(37)33-31(36)22-9-13-30(38-18-24)28(34)15-22/h4,6,9-10,12-15,20,23-24,27,29,35H,3,5,7-8,11,16-19H2,1-2H3,(H,33,36)/b6-4-/t20-,23?,24?,27?,29?,39?/m1/s1. The third-order valence-corrected chi connectivity index (χ3v) is 9.87. The van der Waals surface area contributed by atoms with Crippen molar-refractivity contribution in [3.8, 4) is 5.75 Å². The highest BCUT2D eigenvalue weighted by Gasteiger charge is 2.38. The highest BCUT2D eigenvalue weighted by Crippen LogP contribution is 2.43. The predicted octanol–water partition coefficient (Wildman–Crippen LogP) is 5.65. The number of amides is 1. The molecule has 2 bridgehead atoms. The van der Waals surface area contributed by atoms with Gasteiger partial charge in [0.2, 0.25) is 0 Å². The summed E-state index contributed by atoms with van der Waals surface area (Å²) < 4.78 is 21.7. The van der Waals surface area contributed by atoms with E-state index in [2.05, 4.69) is 28.7 Å². The van der Waals surface area contributed by atoms with Crippen molar-refractivity contribution in [1.82, 2.24) is 4.72 Å². The second-order valence-corrected chi connectivity index (χ2v) is 13.0. The Labute approximate surface area is 240 Å². The number of anilines is 1. The van der Waals surface area contributed by atoms with E-state index in [0.717, 1.165) is 55.2 Å². The van der Waals surface area contributed by atoms with Crippen LogP contribution in [0.4, 0.5) is 5.69 Å². The molecule has 2 heterocycles. The number of aliphatic hydroxyl groups excluding tert-OH is 1. The number of aliphatic hydroxyl groups is 1. The van der Waals surface area contributed by atoms with Crippen molar-refractivity contribution < 1.29 is 19.2 Å². The van der Waals surface area contributed by atoms with Gasteiger partial charge in [-0.1, -0.05) is 50.1 Å². The maximum Gasteiger partial charge on any atom is 0.292 e. The van der Waals surface area contributed by atoms with Crippen molar-refractivity contribution in [2.24, 2.45) is 17.8 Å². The predicted molar refractivity (Wildman–Crippen MR) is 158 cm³/mol. The molecule has 0 radical (unpaired) electrons. The molecule has 0 aromatic heterocycles. The van der Waals surface area contributed by atoms with E-state index < -0.39 is 17.5 Å². The molecule has 1 saturated carbocycles. The van der Waals surface area contributed by atoms with Crippen molar-refractivity contribution in [2.75, 3.05) is 30.3 Å². The fourth-order valence-electron chi connectivity index (χ4n) is 6.19. The number of carbonyl (C=O) groups is 1. The number of benzene rings is 2. The van der Waals surface area contributed by atoms with Crippen molar-refractivity contribution in [3.05, 3.63) is 70.3 Å². The molecule has 1 amide bonds. The molecule has 2 aliphatic heterocycles. The third-order valence-electron chi connectivity index (χ3n) is 8.40. The molecule has 0 spiro atoms. The Bertz CT molecular complexity index is 1210. The average Bonchev–Trinajstić information content (AvgIpc) is 3.05. The smallest absolute Gasteiger partial charge is 0.292 e. The zero-order chi connectivity index (χ0) is 27.5. The lowest BCUT2D eigenvalue weighted by Crippen LogP contribution is -2.44. The van der Waals surface area contributed by atoms with E-state index in [1.807, 2.05) is 37.3 Å². The van der Waals surface area contributed by atoms with Crippen LogP contribution in [0.3, 0.4) is 0 Å². The van der Waals surface area contributed by atoms with Crippen LogP contribution in [0.1, 0.15) is 66.9 Å². The van der Waals surface area contributed by atoms with E-state index in [9.17, 15) is 14.5 Å². The molecule has 0 saturated heterocycles. The molecule has 1 fully saturated rings. The number of hydrogen-bond acceptors (Lipinski definition) is 5. The Balaban J connectivity index is 1.50. The van der Waals surface area contributed by atoms with Crippen LogP contribution in [0, 0.1) is 17.8 Å². The number of halogens is 1. The van der Waals surface area contributed by atoms with Gasteiger partial charge in [0, 0.05) is 35.5 Å². The highest BCUT2D eigenvalue weighted by molar-refractivity contribution is 7.90. The minimum absolute atomic E-state index is 0.0294. The molecule has 39 heavy (non-hydrogen) atoms. The summed E-state index contributed by atoms with van der Waals surface area (Å²) in [5.41, 5.74) is 3.84. The average molecular weight is 571 g/mol. The van der Waals surface area contributed by atoms with Crippen molar-refractivity contribution in [2.45, 2.75) is 58.0 Å². The molecule has 2 aromatic rings. The fourth-order valence-corrected chi connectivity index (χ4v) is 7.38. The first kappa shape index (κ1) is 28.3. The van der Waals surface area contributed by atoms with Crippen LogP contribution in [-0.2, 0) is 17.8 Å². The molecule has 5 rings (SSSR count). The maximum atomic E-state index is 13.1. The molecule has 2 aromatic carbocycles. The van der Waals surface area contributed by atoms with Crippen LogP contribution in [0.2, 0.25) is 5.02 Å². The zero-order valence-corrected chi connectivity index (χ0v) is 24.3. The largest absolute Gasteiger partial charge is 0.593 e. The summed E-state index contributed by atoms with van der Waals surface area (Å²) in [4.78, 5) is 15.4. The van der Waals surface area contributed by atoms with Crippen molar-refractivity contribution in [1.29, 1.82) is 0 Å². The minimum atomic E-state index is -1.50. The van der Waals surface area contributed by atoms with Crippen LogP contribution in [-0.4, -0.2) is 47.1 Å². The van der Waals surface area contributed by atoms with Crippen LogP contribution in [0.25, 0.3) is 0 Å². The monoisotopic (exact) mass is 570 g/mol. The van der Waals surface area contributed by atoms with Gasteiger partial charge in [-0.05, 0) is 79.0 Å². The Morgan fingerprint density at radius 2 is 2.05 bits per heavy atom. The number of allylic oxidation sites excluding steroid dienone is 1. The summed E-state index contributed by atoms with van der Waals surface area (Å²) in [6.07, 6.45) is 8.24. The summed E-state index contributed by atoms with van der Waals surface area (Å²) in [6, 6.07) is 11.6. The first-order valence-corrected chi connectivity index (χ1v) is 15.9. The summed E-state index contributed by atoms with van der Waals surface area (Å²) in [5, 5.41) is 11.8. The molecular formula is C31H39ClN2O4S. The van der Waals surface area contributed by atoms with E-state index in [4.69, 9.17) is 16.3 Å². The Morgan fingerprint density at radius 3 is 2.82 bits per heavy atom. The van der Waals surface area contributed by atoms with Gasteiger partial charge in [-0.15, -0.1) is 0 Å². The number of hydrogen-bond donors (Lipinski definition) is 2. The number of rotatable bonds is 3. The summed E-state index contributed by atoms with van der Waals surface area (Å²) in [6.45, 7) is 6.19. The van der Waals surface area contributed by atoms with Crippen LogP contribution in [0.5, 0.6) is 5.75 Å². The normalized spacial score (nSPS) is 30.3. The summed E-state index contributed by atoms with van der Waals surface area (Å²) in [7, 11) is 0. The molecule has 210 valence electrons. The number of nitrogens with zero attached hydrogens (tertiary/aromatic N) is 1. The lowest BCUT2D eigenvalue weighted by atomic mass is 9.69. The number of carbonyl (C=O) groups excluding carboxylic acids is 1. The SMILES string of the molecule is CCCc1cc(Cl)ccc1C1COc2ccc3cc2N(C1)CC1CCC1C(O)C/C=C\[C@@H](C)C[S+]([O-])NC3=O. The maximum absolute atomic E-state index is 13.1. The van der Waals surface area contributed by atoms with Crippen molar-refractivity contribution in [3.63, 3.8) is 0 Å². The number of ether oxygens (including phenoxy) is 1. The molecular weight excluding hydrogens is 532 g/mol. The van der Waals surface area contributed by atoms with Crippen LogP contribution in [0.15, 0.2) is 48.6 Å². The quantitative estimate of drug-likeness (QED) is 0.368. The fraction of sp³-hybridized carbons (Fsp3) is 0.516. The molecule has 2 N–H and O–H groups in total. The topological polar surface area (TPSA) is 84.9 Å². The van der Waals surface area contributed by atoms with Gasteiger partial charge in [0.25, 0.3) is 5.91 Å².